The number of aliphatic carboxylic acids is 1. The first-order chi connectivity index (χ1) is 35.1. The Morgan fingerprint density at radius 2 is 1.24 bits per heavy atom. The lowest BCUT2D eigenvalue weighted by atomic mass is 9.85. The van der Waals surface area contributed by atoms with E-state index in [1.54, 1.807) is 99.2 Å². The summed E-state index contributed by atoms with van der Waals surface area (Å²) in [5.41, 5.74) is 9.17. The van der Waals surface area contributed by atoms with Gasteiger partial charge in [-0.15, -0.1) is 0 Å². The first kappa shape index (κ1) is 52.4. The molecule has 74 heavy (non-hydrogen) atoms. The molecule has 0 fully saturated rings. The van der Waals surface area contributed by atoms with E-state index >= 15 is 0 Å². The zero-order valence-corrected chi connectivity index (χ0v) is 42.3. The van der Waals surface area contributed by atoms with Crippen molar-refractivity contribution in [1.82, 2.24) is 19.1 Å². The number of ether oxygens (including phenoxy) is 5. The Hall–Kier alpha value is -7.97. The molecule has 0 radical (unpaired) electrons. The molecule has 388 valence electrons. The molecule has 20 heteroatoms. The quantitative estimate of drug-likeness (QED) is 0.0738. The second kappa shape index (κ2) is 19.8. The fourth-order valence-corrected chi connectivity index (χ4v) is 9.92. The average Bonchev–Trinajstić information content (AvgIpc) is 3.92. The Morgan fingerprint density at radius 3 is 1.74 bits per heavy atom. The SMILES string of the molecule is CCC(=O)O.CCc1c2c(nc3ccc(O)cc13)-c1cc3c(c(=O)n1C2)COC(=O)[C@@]3(CC)OC(=O)CN.CCc1c2c(nc3ccc(OC(=O)OC(C)(C)C)cc13)-c1cc3c(c(=O)n1C2)COC(=O)[C@]3(O)CC. The third-order valence-corrected chi connectivity index (χ3v) is 13.6. The van der Waals surface area contributed by atoms with Crippen LogP contribution in [0.4, 0.5) is 4.79 Å². The molecule has 6 aromatic rings. The maximum atomic E-state index is 13.5. The highest BCUT2D eigenvalue weighted by atomic mass is 16.7. The van der Waals surface area contributed by atoms with E-state index in [-0.39, 0.29) is 66.0 Å². The summed E-state index contributed by atoms with van der Waals surface area (Å²) in [6.07, 6.45) is 0.937. The number of fused-ring (bicyclic) bond motifs is 10. The summed E-state index contributed by atoms with van der Waals surface area (Å²) in [5.74, 6) is -2.51. The van der Waals surface area contributed by atoms with Crippen molar-refractivity contribution in [3.05, 3.63) is 114 Å². The van der Waals surface area contributed by atoms with Gasteiger partial charge in [0.2, 0.25) is 5.60 Å². The standard InChI is InChI=1S/C27H28N2O7.C24H23N3O6.C3H6O2/c1-6-15-16-10-14(35-25(32)36-26(3,4)5)8-9-20(16)28-22-17(15)12-29-21(22)11-19-18(23(29)30)13-34-24(31)27(19,33)7-2;1-3-13-14-7-12(28)5-6-18(14)26-21-15(13)10-27-19(21)8-17-16(22(27)30)11-32-23(31)24(17,4-2)33-20(29)9-25;1-2-3(4)5/h8-11,33H,6-7,12-13H2,1-5H3;5-8,28H,3-4,9-11,25H2,1-2H3;2H2,1H3,(H,4,5)/t27-;24-;/m00./s1. The zero-order valence-electron chi connectivity index (χ0n) is 42.3. The number of aromatic nitrogens is 4. The number of phenolic OH excluding ortho intramolecular Hbond substituents is 1. The molecule has 5 N–H and O–H groups in total. The van der Waals surface area contributed by atoms with Crippen LogP contribution in [0.15, 0.2) is 58.1 Å². The van der Waals surface area contributed by atoms with E-state index in [2.05, 4.69) is 0 Å². The normalized spacial score (nSPS) is 17.6. The number of hydrogen-bond acceptors (Lipinski definition) is 17. The minimum Gasteiger partial charge on any atom is -0.508 e. The molecule has 2 aromatic carbocycles. The van der Waals surface area contributed by atoms with Gasteiger partial charge in [-0.1, -0.05) is 34.6 Å². The molecule has 0 bridgehead atoms. The van der Waals surface area contributed by atoms with Crippen molar-refractivity contribution in [3.63, 3.8) is 0 Å². The third-order valence-electron chi connectivity index (χ3n) is 13.6. The number of pyridine rings is 4. The number of phenols is 1. The number of carbonyl (C=O) groups excluding carboxylic acids is 4. The van der Waals surface area contributed by atoms with Crippen molar-refractivity contribution in [1.29, 1.82) is 0 Å². The van der Waals surface area contributed by atoms with Gasteiger partial charge >= 0.3 is 30.0 Å². The molecule has 8 heterocycles. The van der Waals surface area contributed by atoms with Crippen LogP contribution < -0.4 is 21.6 Å². The number of aliphatic hydroxyl groups is 1. The summed E-state index contributed by atoms with van der Waals surface area (Å²) >= 11 is 0. The van der Waals surface area contributed by atoms with Crippen LogP contribution in [-0.4, -0.2) is 76.6 Å². The molecule has 10 rings (SSSR count). The molecule has 4 aromatic heterocycles. The van der Waals surface area contributed by atoms with Crippen molar-refractivity contribution in [2.75, 3.05) is 6.54 Å². The number of nitrogens with two attached hydrogens (primary N) is 1. The van der Waals surface area contributed by atoms with E-state index in [4.69, 9.17) is 44.5 Å². The van der Waals surface area contributed by atoms with Gasteiger partial charge in [-0.2, -0.15) is 0 Å². The molecule has 0 saturated heterocycles. The molecule has 0 saturated carbocycles. The van der Waals surface area contributed by atoms with Crippen molar-refractivity contribution >= 4 is 51.8 Å². The van der Waals surface area contributed by atoms with Gasteiger partial charge < -0.3 is 53.9 Å². The van der Waals surface area contributed by atoms with Crippen LogP contribution in [0.25, 0.3) is 44.6 Å². The third kappa shape index (κ3) is 9.01. The number of hydrogen-bond donors (Lipinski definition) is 4. The number of aromatic hydroxyl groups is 1. The Balaban J connectivity index is 0.000000181. The molecule has 4 aliphatic rings. The number of carboxylic acid groups (broad SMARTS) is 1. The minimum absolute atomic E-state index is 0.0837. The van der Waals surface area contributed by atoms with Crippen LogP contribution in [-0.2, 0) is 88.5 Å². The largest absolute Gasteiger partial charge is 0.514 e. The minimum atomic E-state index is -1.87. The number of nitrogens with zero attached hydrogens (tertiary/aromatic N) is 4. The zero-order chi connectivity index (χ0) is 53.8. The van der Waals surface area contributed by atoms with E-state index in [0.717, 1.165) is 33.0 Å². The summed E-state index contributed by atoms with van der Waals surface area (Å²) in [5, 5.41) is 30.4. The first-order valence-corrected chi connectivity index (χ1v) is 24.3. The number of rotatable bonds is 8. The number of carbonyl (C=O) groups is 5. The fraction of sp³-hybridized carbons (Fsp3) is 0.389. The van der Waals surface area contributed by atoms with Crippen molar-refractivity contribution < 1.29 is 63.0 Å². The predicted octanol–water partition coefficient (Wildman–Crippen LogP) is 6.29. The van der Waals surface area contributed by atoms with E-state index < -0.39 is 53.4 Å². The van der Waals surface area contributed by atoms with Crippen molar-refractivity contribution in [2.45, 2.75) is 131 Å². The Morgan fingerprint density at radius 1 is 0.730 bits per heavy atom. The number of cyclic esters (lactones) is 2. The summed E-state index contributed by atoms with van der Waals surface area (Å²) < 4.78 is 29.8. The van der Waals surface area contributed by atoms with Gasteiger partial charge in [0.05, 0.1) is 64.6 Å². The number of esters is 3. The highest BCUT2D eigenvalue weighted by Gasteiger charge is 2.51. The molecule has 0 aliphatic carbocycles. The maximum Gasteiger partial charge on any atom is 0.514 e. The van der Waals surface area contributed by atoms with Gasteiger partial charge in [0.15, 0.2) is 5.60 Å². The summed E-state index contributed by atoms with van der Waals surface area (Å²) in [4.78, 5) is 95.4. The van der Waals surface area contributed by atoms with Gasteiger partial charge in [-0.3, -0.25) is 19.2 Å². The second-order valence-electron chi connectivity index (χ2n) is 19.1. The summed E-state index contributed by atoms with van der Waals surface area (Å²) in [7, 11) is 0. The fourth-order valence-electron chi connectivity index (χ4n) is 9.92. The van der Waals surface area contributed by atoms with Crippen LogP contribution in [0.5, 0.6) is 11.5 Å². The van der Waals surface area contributed by atoms with E-state index in [1.807, 2.05) is 13.8 Å². The van der Waals surface area contributed by atoms with Crippen LogP contribution >= 0.6 is 0 Å². The monoisotopic (exact) mass is 1020 g/mol. The Bertz CT molecular complexity index is 3480. The molecule has 4 aliphatic heterocycles. The van der Waals surface area contributed by atoms with Gasteiger partial charge in [0.25, 0.3) is 11.1 Å². The molecular weight excluding hydrogens is 959 g/mol. The summed E-state index contributed by atoms with van der Waals surface area (Å²) in [6, 6.07) is 13.6. The van der Waals surface area contributed by atoms with Crippen LogP contribution in [0.3, 0.4) is 0 Å². The highest BCUT2D eigenvalue weighted by Crippen LogP contribution is 2.44. The molecule has 0 unspecified atom stereocenters. The van der Waals surface area contributed by atoms with Crippen LogP contribution in [0, 0.1) is 0 Å². The Labute approximate surface area is 423 Å². The lowest BCUT2D eigenvalue weighted by Gasteiger charge is -2.35. The predicted molar refractivity (Wildman–Crippen MR) is 267 cm³/mol. The molecule has 20 nitrogen and oxygen atoms in total. The van der Waals surface area contributed by atoms with E-state index in [0.29, 0.717) is 71.1 Å². The smallest absolute Gasteiger partial charge is 0.508 e. The van der Waals surface area contributed by atoms with Crippen molar-refractivity contribution in [2.24, 2.45) is 5.73 Å². The first-order valence-electron chi connectivity index (χ1n) is 24.3. The van der Waals surface area contributed by atoms with Gasteiger partial charge in [0, 0.05) is 39.4 Å². The van der Waals surface area contributed by atoms with Gasteiger partial charge in [-0.25, -0.2) is 24.4 Å². The highest BCUT2D eigenvalue weighted by molar-refractivity contribution is 5.92. The van der Waals surface area contributed by atoms with E-state index in [9.17, 15) is 43.8 Å². The maximum absolute atomic E-state index is 13.5. The molecule has 0 amide bonds. The molecular formula is C54H57N5O15. The lowest BCUT2D eigenvalue weighted by molar-refractivity contribution is -0.188. The number of carboxylic acids is 1. The number of aryl methyl sites for hydroxylation is 2. The molecule has 2 atom stereocenters. The summed E-state index contributed by atoms with van der Waals surface area (Å²) in [6.45, 7) is 14.1. The molecule has 0 spiro atoms. The topological polar surface area (TPSA) is 288 Å². The van der Waals surface area contributed by atoms with E-state index in [1.165, 1.54) is 0 Å². The van der Waals surface area contributed by atoms with Gasteiger partial charge in [0.1, 0.15) is 30.3 Å². The van der Waals surface area contributed by atoms with Crippen LogP contribution in [0.2, 0.25) is 0 Å². The van der Waals surface area contributed by atoms with Crippen LogP contribution in [0.1, 0.15) is 119 Å². The Kier molecular flexibility index (Phi) is 14.0. The van der Waals surface area contributed by atoms with Crippen molar-refractivity contribution in [3.8, 4) is 34.3 Å². The van der Waals surface area contributed by atoms with Gasteiger partial charge in [-0.05, 0) is 106 Å². The lowest BCUT2D eigenvalue weighted by Crippen LogP contribution is -2.48. The average molecular weight is 1020 g/mol. The second-order valence-corrected chi connectivity index (χ2v) is 19.1. The number of benzene rings is 2.